The SMILES string of the molecule is Cc1cn(C)c([C@H]2CCCN2C(=O)c2ccnc(N3CCCC3)c2)n1. The highest BCUT2D eigenvalue weighted by atomic mass is 16.2. The van der Waals surface area contributed by atoms with Crippen molar-refractivity contribution in [3.63, 3.8) is 0 Å². The number of carbonyl (C=O) groups is 1. The molecule has 0 saturated carbocycles. The van der Waals surface area contributed by atoms with Crippen molar-refractivity contribution < 1.29 is 4.79 Å². The Morgan fingerprint density at radius 1 is 1.20 bits per heavy atom. The molecule has 0 spiro atoms. The number of anilines is 1. The summed E-state index contributed by atoms with van der Waals surface area (Å²) in [6.45, 7) is 4.85. The lowest BCUT2D eigenvalue weighted by molar-refractivity contribution is 0.0728. The normalized spacial score (nSPS) is 20.5. The van der Waals surface area contributed by atoms with E-state index in [1.54, 1.807) is 6.20 Å². The lowest BCUT2D eigenvalue weighted by Gasteiger charge is -2.25. The van der Waals surface area contributed by atoms with Crippen LogP contribution in [0.3, 0.4) is 0 Å². The molecule has 2 aromatic rings. The van der Waals surface area contributed by atoms with Gasteiger partial charge in [0.1, 0.15) is 11.6 Å². The molecule has 0 aliphatic carbocycles. The van der Waals surface area contributed by atoms with Gasteiger partial charge in [-0.1, -0.05) is 0 Å². The van der Waals surface area contributed by atoms with Crippen LogP contribution in [0.1, 0.15) is 53.6 Å². The summed E-state index contributed by atoms with van der Waals surface area (Å²) >= 11 is 0. The molecule has 0 radical (unpaired) electrons. The van der Waals surface area contributed by atoms with E-state index in [2.05, 4.69) is 14.9 Å². The molecule has 2 aliphatic rings. The molecule has 6 nitrogen and oxygen atoms in total. The Morgan fingerprint density at radius 3 is 2.72 bits per heavy atom. The molecule has 6 heteroatoms. The van der Waals surface area contributed by atoms with Gasteiger partial charge >= 0.3 is 0 Å². The Balaban J connectivity index is 1.59. The zero-order valence-electron chi connectivity index (χ0n) is 15.0. The van der Waals surface area contributed by atoms with Crippen LogP contribution in [0.5, 0.6) is 0 Å². The Bertz CT molecular complexity index is 778. The maximum Gasteiger partial charge on any atom is 0.254 e. The van der Waals surface area contributed by atoms with E-state index in [0.717, 1.165) is 55.4 Å². The van der Waals surface area contributed by atoms with Crippen molar-refractivity contribution in [3.05, 3.63) is 41.6 Å². The monoisotopic (exact) mass is 339 g/mol. The van der Waals surface area contributed by atoms with Crippen molar-refractivity contribution in [2.45, 2.75) is 38.6 Å². The van der Waals surface area contributed by atoms with Crippen LogP contribution in [-0.2, 0) is 7.05 Å². The maximum absolute atomic E-state index is 13.2. The standard InChI is InChI=1S/C19H25N5O/c1-14-13-22(2)18(21-14)16-6-5-11-24(16)19(25)15-7-8-20-17(12-15)23-9-3-4-10-23/h7-8,12-13,16H,3-6,9-11H2,1-2H3/t16-/m1/s1. The van der Waals surface area contributed by atoms with Crippen LogP contribution < -0.4 is 4.90 Å². The second-order valence-electron chi connectivity index (χ2n) is 7.10. The second-order valence-corrected chi connectivity index (χ2v) is 7.10. The van der Waals surface area contributed by atoms with Gasteiger partial charge in [0.25, 0.3) is 5.91 Å². The lowest BCUT2D eigenvalue weighted by atomic mass is 10.1. The summed E-state index contributed by atoms with van der Waals surface area (Å²) in [5, 5.41) is 0. The summed E-state index contributed by atoms with van der Waals surface area (Å²) in [5.41, 5.74) is 1.73. The number of aryl methyl sites for hydroxylation is 2. The Kier molecular flexibility index (Phi) is 4.19. The second kappa shape index (κ2) is 6.50. The average Bonchev–Trinajstić information content (AvgIpc) is 3.35. The number of hydrogen-bond acceptors (Lipinski definition) is 4. The first-order chi connectivity index (χ1) is 12.1. The number of aromatic nitrogens is 3. The Hall–Kier alpha value is -2.37. The zero-order chi connectivity index (χ0) is 17.4. The predicted octanol–water partition coefficient (Wildman–Crippen LogP) is 2.70. The molecule has 25 heavy (non-hydrogen) atoms. The summed E-state index contributed by atoms with van der Waals surface area (Å²) in [4.78, 5) is 26.5. The lowest BCUT2D eigenvalue weighted by Crippen LogP contribution is -2.32. The summed E-state index contributed by atoms with van der Waals surface area (Å²) in [5.74, 6) is 2.00. The molecule has 2 aromatic heterocycles. The molecular weight excluding hydrogens is 314 g/mol. The van der Waals surface area contributed by atoms with Gasteiger partial charge in [0.05, 0.1) is 11.7 Å². The summed E-state index contributed by atoms with van der Waals surface area (Å²) in [6.07, 6.45) is 8.18. The van der Waals surface area contributed by atoms with E-state index in [1.807, 2.05) is 41.8 Å². The van der Waals surface area contributed by atoms with Crippen LogP contribution in [0.2, 0.25) is 0 Å². The Morgan fingerprint density at radius 2 is 2.00 bits per heavy atom. The third-order valence-electron chi connectivity index (χ3n) is 5.27. The Labute approximate surface area is 148 Å². The molecule has 2 fully saturated rings. The van der Waals surface area contributed by atoms with Crippen LogP contribution in [0.15, 0.2) is 24.5 Å². The number of pyridine rings is 1. The van der Waals surface area contributed by atoms with Gasteiger partial charge < -0.3 is 14.4 Å². The molecule has 2 aliphatic heterocycles. The minimum atomic E-state index is 0.0644. The molecule has 0 N–H and O–H groups in total. The highest BCUT2D eigenvalue weighted by molar-refractivity contribution is 5.95. The van der Waals surface area contributed by atoms with E-state index < -0.39 is 0 Å². The first-order valence-electron chi connectivity index (χ1n) is 9.15. The van der Waals surface area contributed by atoms with Crippen LogP contribution >= 0.6 is 0 Å². The van der Waals surface area contributed by atoms with Crippen molar-refractivity contribution in [2.24, 2.45) is 7.05 Å². The summed E-state index contributed by atoms with van der Waals surface area (Å²) in [7, 11) is 2.01. The van der Waals surface area contributed by atoms with Gasteiger partial charge in [-0.2, -0.15) is 0 Å². The van der Waals surface area contributed by atoms with Crippen LogP contribution in [0, 0.1) is 6.92 Å². The molecule has 132 valence electrons. The molecular formula is C19H25N5O. The van der Waals surface area contributed by atoms with E-state index in [-0.39, 0.29) is 11.9 Å². The predicted molar refractivity (Wildman–Crippen MR) is 96.6 cm³/mol. The van der Waals surface area contributed by atoms with Gasteiger partial charge in [-0.15, -0.1) is 0 Å². The average molecular weight is 339 g/mol. The van der Waals surface area contributed by atoms with E-state index in [9.17, 15) is 4.79 Å². The van der Waals surface area contributed by atoms with Crippen LogP contribution in [-0.4, -0.2) is 45.0 Å². The number of hydrogen-bond donors (Lipinski definition) is 0. The van der Waals surface area contributed by atoms with E-state index >= 15 is 0 Å². The van der Waals surface area contributed by atoms with Crippen molar-refractivity contribution in [2.75, 3.05) is 24.5 Å². The number of likely N-dealkylation sites (tertiary alicyclic amines) is 1. The van der Waals surface area contributed by atoms with Crippen LogP contribution in [0.25, 0.3) is 0 Å². The molecule has 1 atom stereocenters. The van der Waals surface area contributed by atoms with Crippen molar-refractivity contribution in [1.29, 1.82) is 0 Å². The van der Waals surface area contributed by atoms with Crippen LogP contribution in [0.4, 0.5) is 5.82 Å². The molecule has 0 bridgehead atoms. The van der Waals surface area contributed by atoms with Gasteiger partial charge in [0.2, 0.25) is 0 Å². The fourth-order valence-corrected chi connectivity index (χ4v) is 4.06. The number of rotatable bonds is 3. The molecule has 0 unspecified atom stereocenters. The first kappa shape index (κ1) is 16.1. The van der Waals surface area contributed by atoms with Gasteiger partial charge in [0.15, 0.2) is 0 Å². The highest BCUT2D eigenvalue weighted by Gasteiger charge is 2.33. The molecule has 4 heterocycles. The zero-order valence-corrected chi connectivity index (χ0v) is 15.0. The molecule has 4 rings (SSSR count). The van der Waals surface area contributed by atoms with E-state index in [0.29, 0.717) is 0 Å². The number of nitrogens with zero attached hydrogens (tertiary/aromatic N) is 5. The van der Waals surface area contributed by atoms with Gasteiger partial charge in [-0.3, -0.25) is 4.79 Å². The smallest absolute Gasteiger partial charge is 0.254 e. The van der Waals surface area contributed by atoms with Crippen molar-refractivity contribution in [3.8, 4) is 0 Å². The molecule has 2 saturated heterocycles. The molecule has 1 amide bonds. The van der Waals surface area contributed by atoms with E-state index in [4.69, 9.17) is 0 Å². The fraction of sp³-hybridized carbons (Fsp3) is 0.526. The minimum absolute atomic E-state index is 0.0644. The highest BCUT2D eigenvalue weighted by Crippen LogP contribution is 2.32. The number of imidazole rings is 1. The minimum Gasteiger partial charge on any atom is -0.357 e. The van der Waals surface area contributed by atoms with Gasteiger partial charge in [-0.05, 0) is 44.7 Å². The largest absolute Gasteiger partial charge is 0.357 e. The van der Waals surface area contributed by atoms with E-state index in [1.165, 1.54) is 12.8 Å². The van der Waals surface area contributed by atoms with Crippen molar-refractivity contribution >= 4 is 11.7 Å². The number of carbonyl (C=O) groups excluding carboxylic acids is 1. The molecule has 0 aromatic carbocycles. The van der Waals surface area contributed by atoms with Crippen molar-refractivity contribution in [1.82, 2.24) is 19.4 Å². The maximum atomic E-state index is 13.2. The third kappa shape index (κ3) is 3.01. The van der Waals surface area contributed by atoms with Gasteiger partial charge in [-0.25, -0.2) is 9.97 Å². The first-order valence-corrected chi connectivity index (χ1v) is 9.15. The number of amides is 1. The van der Waals surface area contributed by atoms with Gasteiger partial charge in [0, 0.05) is 44.6 Å². The quantitative estimate of drug-likeness (QED) is 0.863. The fourth-order valence-electron chi connectivity index (χ4n) is 4.06. The third-order valence-corrected chi connectivity index (χ3v) is 5.27. The topological polar surface area (TPSA) is 54.3 Å². The summed E-state index contributed by atoms with van der Waals surface area (Å²) in [6, 6.07) is 3.85. The summed E-state index contributed by atoms with van der Waals surface area (Å²) < 4.78 is 2.05.